The van der Waals surface area contributed by atoms with Gasteiger partial charge in [0.2, 0.25) is 0 Å². The molecule has 1 heterocycles. The molecule has 0 fully saturated rings. The van der Waals surface area contributed by atoms with E-state index in [2.05, 4.69) is 4.99 Å². The number of nitrogens with zero attached hydrogens (tertiary/aromatic N) is 2. The Morgan fingerprint density at radius 3 is 2.21 bits per heavy atom. The summed E-state index contributed by atoms with van der Waals surface area (Å²) in [6, 6.07) is 14.8. The molecule has 0 saturated carbocycles. The number of amides is 1. The van der Waals surface area contributed by atoms with Crippen molar-refractivity contribution in [1.82, 2.24) is 4.90 Å². The maximum Gasteiger partial charge on any atom is 0.278 e. The highest BCUT2D eigenvalue weighted by Gasteiger charge is 2.29. The third-order valence-corrected chi connectivity index (χ3v) is 4.70. The van der Waals surface area contributed by atoms with E-state index in [-0.39, 0.29) is 5.91 Å². The van der Waals surface area contributed by atoms with E-state index >= 15 is 0 Å². The minimum Gasteiger partial charge on any atom is -0.281 e. The van der Waals surface area contributed by atoms with Crippen molar-refractivity contribution in [3.63, 3.8) is 0 Å². The van der Waals surface area contributed by atoms with Gasteiger partial charge in [0.1, 0.15) is 5.70 Å². The van der Waals surface area contributed by atoms with Crippen LogP contribution in [0.4, 0.5) is 0 Å². The molecule has 0 bridgehead atoms. The summed E-state index contributed by atoms with van der Waals surface area (Å²) < 4.78 is 0. The van der Waals surface area contributed by atoms with Crippen molar-refractivity contribution in [3.8, 4) is 0 Å². The molecule has 0 unspecified atom stereocenters. The van der Waals surface area contributed by atoms with Gasteiger partial charge < -0.3 is 0 Å². The Hall–Kier alpha value is -1.75. The highest BCUT2D eigenvalue weighted by Crippen LogP contribution is 2.25. The minimum atomic E-state index is -0.107. The van der Waals surface area contributed by atoms with Crippen molar-refractivity contribution in [3.05, 3.63) is 75.4 Å². The molecule has 3 nitrogen and oxygen atoms in total. The van der Waals surface area contributed by atoms with Crippen LogP contribution < -0.4 is 0 Å². The summed E-state index contributed by atoms with van der Waals surface area (Å²) in [7, 11) is 0. The lowest BCUT2D eigenvalue weighted by molar-refractivity contribution is -0.122. The summed E-state index contributed by atoms with van der Waals surface area (Å²) in [5, 5.41) is 2.02. The Morgan fingerprint density at radius 1 is 1.04 bits per heavy atom. The van der Waals surface area contributed by atoms with Crippen LogP contribution in [0.15, 0.2) is 59.2 Å². The number of aliphatic imine (C=N–C) groups is 1. The van der Waals surface area contributed by atoms with Gasteiger partial charge in [-0.25, -0.2) is 4.99 Å². The van der Waals surface area contributed by atoms with E-state index in [9.17, 15) is 4.79 Å². The van der Waals surface area contributed by atoms with Crippen molar-refractivity contribution >= 4 is 52.1 Å². The number of benzene rings is 2. The zero-order chi connectivity index (χ0) is 17.1. The van der Waals surface area contributed by atoms with Gasteiger partial charge in [0.25, 0.3) is 5.91 Å². The SMILES string of the molecule is CSC1=NC(=Cc2ccc(Cl)cc2)C(=O)N1Cc1ccc(Cl)cc1. The Balaban J connectivity index is 1.84. The Kier molecular flexibility index (Phi) is 5.29. The van der Waals surface area contributed by atoms with Gasteiger partial charge in [-0.3, -0.25) is 9.69 Å². The fourth-order valence-electron chi connectivity index (χ4n) is 2.31. The summed E-state index contributed by atoms with van der Waals surface area (Å²) in [5.74, 6) is -0.107. The van der Waals surface area contributed by atoms with E-state index in [1.165, 1.54) is 11.8 Å². The van der Waals surface area contributed by atoms with Crippen LogP contribution in [0.25, 0.3) is 6.08 Å². The van der Waals surface area contributed by atoms with Gasteiger partial charge >= 0.3 is 0 Å². The van der Waals surface area contributed by atoms with E-state index in [0.717, 1.165) is 11.1 Å². The van der Waals surface area contributed by atoms with Crippen LogP contribution in [-0.4, -0.2) is 22.2 Å². The first-order valence-corrected chi connectivity index (χ1v) is 9.21. The number of halogens is 2. The molecule has 1 aliphatic rings. The lowest BCUT2D eigenvalue weighted by Crippen LogP contribution is -2.29. The predicted molar refractivity (Wildman–Crippen MR) is 102 cm³/mol. The number of amidine groups is 1. The second-order valence-corrected chi connectivity index (χ2v) is 6.84. The van der Waals surface area contributed by atoms with Crippen molar-refractivity contribution in [2.24, 2.45) is 4.99 Å². The molecule has 24 heavy (non-hydrogen) atoms. The van der Waals surface area contributed by atoms with Crippen LogP contribution in [0.5, 0.6) is 0 Å². The largest absolute Gasteiger partial charge is 0.281 e. The normalized spacial score (nSPS) is 16.0. The molecule has 2 aromatic carbocycles. The maximum absolute atomic E-state index is 12.7. The number of thioether (sulfide) groups is 1. The molecule has 2 aromatic rings. The molecule has 0 N–H and O–H groups in total. The zero-order valence-electron chi connectivity index (χ0n) is 12.9. The van der Waals surface area contributed by atoms with Crippen LogP contribution in [-0.2, 0) is 11.3 Å². The molecule has 0 saturated heterocycles. The topological polar surface area (TPSA) is 32.7 Å². The number of hydrogen-bond acceptors (Lipinski definition) is 3. The van der Waals surface area contributed by atoms with Gasteiger partial charge in [-0.05, 0) is 47.7 Å². The van der Waals surface area contributed by atoms with Crippen molar-refractivity contribution in [1.29, 1.82) is 0 Å². The third-order valence-electron chi connectivity index (χ3n) is 3.52. The zero-order valence-corrected chi connectivity index (χ0v) is 15.2. The summed E-state index contributed by atoms with van der Waals surface area (Å²) in [5.41, 5.74) is 2.32. The molecule has 0 radical (unpaired) electrons. The predicted octanol–water partition coefficient (Wildman–Crippen LogP) is 5.10. The van der Waals surface area contributed by atoms with E-state index < -0.39 is 0 Å². The van der Waals surface area contributed by atoms with E-state index in [1.54, 1.807) is 23.1 Å². The molecule has 1 amide bonds. The van der Waals surface area contributed by atoms with Gasteiger partial charge in [-0.15, -0.1) is 0 Å². The average molecular weight is 377 g/mol. The molecule has 0 aromatic heterocycles. The number of hydrogen-bond donors (Lipinski definition) is 0. The molecule has 1 aliphatic heterocycles. The molecule has 0 atom stereocenters. The number of carbonyl (C=O) groups excluding carboxylic acids is 1. The van der Waals surface area contributed by atoms with Gasteiger partial charge in [0, 0.05) is 10.0 Å². The van der Waals surface area contributed by atoms with Gasteiger partial charge in [0.05, 0.1) is 6.54 Å². The molecular formula is C18H14Cl2N2OS. The number of carbonyl (C=O) groups is 1. The fraction of sp³-hybridized carbons (Fsp3) is 0.111. The van der Waals surface area contributed by atoms with Crippen molar-refractivity contribution in [2.45, 2.75) is 6.54 Å². The Morgan fingerprint density at radius 2 is 1.62 bits per heavy atom. The van der Waals surface area contributed by atoms with Crippen molar-refractivity contribution < 1.29 is 4.79 Å². The quantitative estimate of drug-likeness (QED) is 0.698. The second-order valence-electron chi connectivity index (χ2n) is 5.20. The lowest BCUT2D eigenvalue weighted by Gasteiger charge is -2.16. The van der Waals surface area contributed by atoms with Crippen LogP contribution in [0.3, 0.4) is 0 Å². The summed E-state index contributed by atoms with van der Waals surface area (Å²) in [6.45, 7) is 0.466. The Labute approximate surface area is 155 Å². The molecule has 0 aliphatic carbocycles. The fourth-order valence-corrected chi connectivity index (χ4v) is 3.12. The molecule has 6 heteroatoms. The first-order valence-electron chi connectivity index (χ1n) is 7.23. The van der Waals surface area contributed by atoms with Crippen LogP contribution in [0.2, 0.25) is 10.0 Å². The monoisotopic (exact) mass is 376 g/mol. The van der Waals surface area contributed by atoms with E-state index in [1.807, 2.05) is 42.7 Å². The molecule has 122 valence electrons. The van der Waals surface area contributed by atoms with Crippen molar-refractivity contribution in [2.75, 3.05) is 6.26 Å². The Bertz CT molecular complexity index is 814. The summed E-state index contributed by atoms with van der Waals surface area (Å²) in [4.78, 5) is 18.8. The molecule has 3 rings (SSSR count). The average Bonchev–Trinajstić information content (AvgIpc) is 2.88. The summed E-state index contributed by atoms with van der Waals surface area (Å²) >= 11 is 13.3. The molecular weight excluding hydrogens is 363 g/mol. The van der Waals surface area contributed by atoms with Crippen LogP contribution in [0.1, 0.15) is 11.1 Å². The highest BCUT2D eigenvalue weighted by molar-refractivity contribution is 8.13. The van der Waals surface area contributed by atoms with E-state index in [4.69, 9.17) is 23.2 Å². The van der Waals surface area contributed by atoms with Crippen LogP contribution in [0, 0.1) is 0 Å². The highest BCUT2D eigenvalue weighted by atomic mass is 35.5. The minimum absolute atomic E-state index is 0.107. The lowest BCUT2D eigenvalue weighted by atomic mass is 10.2. The third kappa shape index (κ3) is 3.83. The standard InChI is InChI=1S/C18H14Cl2N2OS/c1-24-18-21-16(10-12-2-6-14(19)7-3-12)17(23)22(18)11-13-4-8-15(20)9-5-13/h2-10H,11H2,1H3. The smallest absolute Gasteiger partial charge is 0.278 e. The second kappa shape index (κ2) is 7.43. The first-order chi connectivity index (χ1) is 11.6. The van der Waals surface area contributed by atoms with Crippen LogP contribution >= 0.6 is 35.0 Å². The number of rotatable bonds is 3. The van der Waals surface area contributed by atoms with Gasteiger partial charge in [-0.2, -0.15) is 0 Å². The van der Waals surface area contributed by atoms with Gasteiger partial charge in [-0.1, -0.05) is 59.2 Å². The van der Waals surface area contributed by atoms with E-state index in [0.29, 0.717) is 27.5 Å². The maximum atomic E-state index is 12.7. The summed E-state index contributed by atoms with van der Waals surface area (Å²) in [6.07, 6.45) is 3.68. The first kappa shape index (κ1) is 17.1. The van der Waals surface area contributed by atoms with Gasteiger partial charge in [0.15, 0.2) is 5.17 Å². The molecule has 0 spiro atoms.